The van der Waals surface area contributed by atoms with Gasteiger partial charge in [0.25, 0.3) is 5.91 Å². The van der Waals surface area contributed by atoms with Crippen LogP contribution < -0.4 is 0 Å². The lowest BCUT2D eigenvalue weighted by atomic mass is 10.1. The third-order valence-corrected chi connectivity index (χ3v) is 4.79. The summed E-state index contributed by atoms with van der Waals surface area (Å²) in [6.45, 7) is 8.02. The van der Waals surface area contributed by atoms with Crippen LogP contribution in [0.5, 0.6) is 0 Å². The van der Waals surface area contributed by atoms with E-state index in [1.54, 1.807) is 6.33 Å². The van der Waals surface area contributed by atoms with Crippen LogP contribution in [0, 0.1) is 0 Å². The number of hydrogen-bond acceptors (Lipinski definition) is 3. The molecule has 22 heavy (non-hydrogen) atoms. The van der Waals surface area contributed by atoms with E-state index in [9.17, 15) is 4.79 Å². The van der Waals surface area contributed by atoms with Crippen LogP contribution in [0.2, 0.25) is 0 Å². The molecular weight excluding hydrogens is 276 g/mol. The van der Waals surface area contributed by atoms with Crippen molar-refractivity contribution in [1.29, 1.82) is 0 Å². The number of amides is 1. The average Bonchev–Trinajstić information content (AvgIpc) is 2.94. The van der Waals surface area contributed by atoms with Crippen LogP contribution in [0.1, 0.15) is 30.6 Å². The van der Waals surface area contributed by atoms with Crippen LogP contribution in [0.4, 0.5) is 0 Å². The van der Waals surface area contributed by atoms with Gasteiger partial charge in [-0.2, -0.15) is 0 Å². The Balaban J connectivity index is 1.71. The number of fused-ring (bicyclic) bond motifs is 1. The van der Waals surface area contributed by atoms with E-state index in [0.29, 0.717) is 6.04 Å². The van der Waals surface area contributed by atoms with Crippen molar-refractivity contribution in [1.82, 2.24) is 19.4 Å². The van der Waals surface area contributed by atoms with E-state index in [1.807, 2.05) is 34.7 Å². The number of aryl methyl sites for hydroxylation is 1. The summed E-state index contributed by atoms with van der Waals surface area (Å²) in [4.78, 5) is 21.4. The van der Waals surface area contributed by atoms with Crippen molar-refractivity contribution in [2.45, 2.75) is 26.3 Å². The van der Waals surface area contributed by atoms with Gasteiger partial charge in [-0.1, -0.05) is 6.92 Å². The first-order valence-corrected chi connectivity index (χ1v) is 8.04. The molecule has 0 aliphatic carbocycles. The van der Waals surface area contributed by atoms with E-state index in [0.717, 1.165) is 49.2 Å². The Labute approximate surface area is 131 Å². The molecule has 1 aromatic carbocycles. The van der Waals surface area contributed by atoms with E-state index >= 15 is 0 Å². The topological polar surface area (TPSA) is 41.4 Å². The largest absolute Gasteiger partial charge is 0.336 e. The second kappa shape index (κ2) is 6.08. The summed E-state index contributed by atoms with van der Waals surface area (Å²) >= 11 is 0. The molecule has 1 amide bonds. The van der Waals surface area contributed by atoms with Gasteiger partial charge >= 0.3 is 0 Å². The highest BCUT2D eigenvalue weighted by atomic mass is 16.2. The minimum absolute atomic E-state index is 0.122. The van der Waals surface area contributed by atoms with Crippen molar-refractivity contribution in [3.63, 3.8) is 0 Å². The van der Waals surface area contributed by atoms with Crippen LogP contribution in [0.3, 0.4) is 0 Å². The summed E-state index contributed by atoms with van der Waals surface area (Å²) in [5, 5.41) is 0. The van der Waals surface area contributed by atoms with E-state index in [1.165, 1.54) is 0 Å². The van der Waals surface area contributed by atoms with Crippen molar-refractivity contribution >= 4 is 16.9 Å². The quantitative estimate of drug-likeness (QED) is 0.872. The third kappa shape index (κ3) is 2.73. The van der Waals surface area contributed by atoms with Gasteiger partial charge in [-0.3, -0.25) is 9.69 Å². The van der Waals surface area contributed by atoms with E-state index in [4.69, 9.17) is 0 Å². The van der Waals surface area contributed by atoms with Crippen molar-refractivity contribution in [3.8, 4) is 0 Å². The van der Waals surface area contributed by atoms with Crippen LogP contribution in [0.15, 0.2) is 24.5 Å². The minimum atomic E-state index is 0.122. The first-order valence-electron chi connectivity index (χ1n) is 8.04. The Morgan fingerprint density at radius 3 is 2.68 bits per heavy atom. The fourth-order valence-corrected chi connectivity index (χ4v) is 3.08. The number of rotatable bonds is 3. The Morgan fingerprint density at radius 2 is 2.00 bits per heavy atom. The molecule has 3 rings (SSSR count). The summed E-state index contributed by atoms with van der Waals surface area (Å²) in [5.41, 5.74) is 2.67. The zero-order valence-electron chi connectivity index (χ0n) is 13.6. The summed E-state index contributed by atoms with van der Waals surface area (Å²) in [5.74, 6) is 0.122. The molecule has 1 saturated heterocycles. The molecule has 0 saturated carbocycles. The molecule has 0 bridgehead atoms. The smallest absolute Gasteiger partial charge is 0.254 e. The Bertz CT molecular complexity index is 670. The number of benzene rings is 1. The van der Waals surface area contributed by atoms with Gasteiger partial charge in [-0.25, -0.2) is 4.98 Å². The molecule has 2 aromatic rings. The second-order valence-electron chi connectivity index (χ2n) is 6.14. The molecular formula is C17H24N4O. The monoisotopic (exact) mass is 300 g/mol. The third-order valence-electron chi connectivity index (χ3n) is 4.79. The summed E-state index contributed by atoms with van der Waals surface area (Å²) in [7, 11) is 1.96. The molecule has 5 heteroatoms. The molecule has 1 aliphatic heterocycles. The number of aromatic nitrogens is 2. The van der Waals surface area contributed by atoms with Crippen LogP contribution in [-0.2, 0) is 7.05 Å². The molecule has 2 heterocycles. The maximum absolute atomic E-state index is 12.7. The van der Waals surface area contributed by atoms with E-state index < -0.39 is 0 Å². The van der Waals surface area contributed by atoms with Crippen LogP contribution in [0.25, 0.3) is 11.0 Å². The molecule has 5 nitrogen and oxygen atoms in total. The van der Waals surface area contributed by atoms with Crippen molar-refractivity contribution in [3.05, 3.63) is 30.1 Å². The summed E-state index contributed by atoms with van der Waals surface area (Å²) in [6, 6.07) is 6.39. The zero-order valence-corrected chi connectivity index (χ0v) is 13.6. The lowest BCUT2D eigenvalue weighted by Crippen LogP contribution is -2.51. The molecule has 1 aliphatic rings. The summed E-state index contributed by atoms with van der Waals surface area (Å²) in [6.07, 6.45) is 2.94. The number of hydrogen-bond donors (Lipinski definition) is 0. The highest BCUT2D eigenvalue weighted by Gasteiger charge is 2.24. The lowest BCUT2D eigenvalue weighted by Gasteiger charge is -2.37. The first-order chi connectivity index (χ1) is 10.6. The van der Waals surface area contributed by atoms with Gasteiger partial charge in [-0.05, 0) is 31.5 Å². The molecule has 0 radical (unpaired) electrons. The Kier molecular flexibility index (Phi) is 4.16. The molecule has 1 unspecified atom stereocenters. The minimum Gasteiger partial charge on any atom is -0.336 e. The predicted octanol–water partition coefficient (Wildman–Crippen LogP) is 2.13. The average molecular weight is 300 g/mol. The van der Waals surface area contributed by atoms with E-state index in [2.05, 4.69) is 23.7 Å². The maximum atomic E-state index is 12.7. The highest BCUT2D eigenvalue weighted by molar-refractivity contribution is 5.97. The number of nitrogens with zero attached hydrogens (tertiary/aromatic N) is 4. The van der Waals surface area contributed by atoms with Gasteiger partial charge in [-0.15, -0.1) is 0 Å². The molecule has 0 N–H and O–H groups in total. The van der Waals surface area contributed by atoms with Gasteiger partial charge < -0.3 is 9.47 Å². The number of carbonyl (C=O) groups is 1. The molecule has 0 spiro atoms. The standard InChI is InChI=1S/C17H24N4O/c1-4-13(2)20-7-9-21(10-8-20)17(22)14-5-6-16-15(11-14)18-12-19(16)3/h5-6,11-13H,4,7-10H2,1-3H3. The molecule has 1 aromatic heterocycles. The Morgan fingerprint density at radius 1 is 1.27 bits per heavy atom. The van der Waals surface area contributed by atoms with Gasteiger partial charge in [0, 0.05) is 44.8 Å². The number of imidazole rings is 1. The normalized spacial score (nSPS) is 17.9. The fourth-order valence-electron chi connectivity index (χ4n) is 3.08. The van der Waals surface area contributed by atoms with Gasteiger partial charge in [0.15, 0.2) is 0 Å². The molecule has 1 atom stereocenters. The van der Waals surface area contributed by atoms with Crippen molar-refractivity contribution < 1.29 is 4.79 Å². The molecule has 118 valence electrons. The highest BCUT2D eigenvalue weighted by Crippen LogP contribution is 2.17. The second-order valence-corrected chi connectivity index (χ2v) is 6.14. The van der Waals surface area contributed by atoms with Gasteiger partial charge in [0.1, 0.15) is 0 Å². The Hall–Kier alpha value is -1.88. The maximum Gasteiger partial charge on any atom is 0.254 e. The van der Waals surface area contributed by atoms with Crippen LogP contribution in [-0.4, -0.2) is 57.5 Å². The molecule has 1 fully saturated rings. The van der Waals surface area contributed by atoms with Crippen LogP contribution >= 0.6 is 0 Å². The lowest BCUT2D eigenvalue weighted by molar-refractivity contribution is 0.0580. The van der Waals surface area contributed by atoms with Crippen molar-refractivity contribution in [2.24, 2.45) is 7.05 Å². The zero-order chi connectivity index (χ0) is 15.7. The van der Waals surface area contributed by atoms with Gasteiger partial charge in [0.05, 0.1) is 17.4 Å². The fraction of sp³-hybridized carbons (Fsp3) is 0.529. The number of piperazine rings is 1. The first kappa shape index (κ1) is 15.0. The number of carbonyl (C=O) groups excluding carboxylic acids is 1. The van der Waals surface area contributed by atoms with Gasteiger partial charge in [0.2, 0.25) is 0 Å². The van der Waals surface area contributed by atoms with E-state index in [-0.39, 0.29) is 5.91 Å². The summed E-state index contributed by atoms with van der Waals surface area (Å²) < 4.78 is 1.97. The SMILES string of the molecule is CCC(C)N1CCN(C(=O)c2ccc3c(c2)ncn3C)CC1. The predicted molar refractivity (Wildman–Crippen MR) is 87.9 cm³/mol. The van der Waals surface area contributed by atoms with Crippen molar-refractivity contribution in [2.75, 3.05) is 26.2 Å².